The second kappa shape index (κ2) is 5.76. The summed E-state index contributed by atoms with van der Waals surface area (Å²) in [5, 5.41) is 11.1. The van der Waals surface area contributed by atoms with Crippen molar-refractivity contribution in [3.8, 4) is 0 Å². The van der Waals surface area contributed by atoms with E-state index in [4.69, 9.17) is 0 Å². The van der Waals surface area contributed by atoms with Gasteiger partial charge in [-0.05, 0) is 24.1 Å². The number of anilines is 1. The van der Waals surface area contributed by atoms with Crippen molar-refractivity contribution in [3.05, 3.63) is 69.3 Å². The summed E-state index contributed by atoms with van der Waals surface area (Å²) < 4.78 is 0. The van der Waals surface area contributed by atoms with Gasteiger partial charge in [0.25, 0.3) is 17.5 Å². The standard InChI is InChI=1S/C18H13N3O5/c22-15(19-9-8-11-4-1-2-6-13(11)19)10-20-17(23)12-5-3-7-14(21(25)26)16(12)18(20)24/h1-7H,8-10H2. The molecule has 0 spiro atoms. The quantitative estimate of drug-likeness (QED) is 0.477. The number of fused-ring (bicyclic) bond motifs is 2. The van der Waals surface area contributed by atoms with Crippen molar-refractivity contribution in [2.24, 2.45) is 0 Å². The van der Waals surface area contributed by atoms with E-state index in [0.29, 0.717) is 13.0 Å². The molecule has 0 aromatic heterocycles. The third-order valence-electron chi connectivity index (χ3n) is 4.66. The van der Waals surface area contributed by atoms with E-state index < -0.39 is 34.9 Å². The zero-order valence-electron chi connectivity index (χ0n) is 13.5. The van der Waals surface area contributed by atoms with Gasteiger partial charge in [-0.1, -0.05) is 24.3 Å². The summed E-state index contributed by atoms with van der Waals surface area (Å²) in [6, 6.07) is 11.3. The van der Waals surface area contributed by atoms with Crippen LogP contribution < -0.4 is 4.90 Å². The Hall–Kier alpha value is -3.55. The van der Waals surface area contributed by atoms with Gasteiger partial charge in [0.15, 0.2) is 0 Å². The van der Waals surface area contributed by atoms with E-state index in [9.17, 15) is 24.5 Å². The highest BCUT2D eigenvalue weighted by molar-refractivity contribution is 6.24. The molecule has 0 unspecified atom stereocenters. The summed E-state index contributed by atoms with van der Waals surface area (Å²) in [4.78, 5) is 50.5. The minimum atomic E-state index is -0.807. The Balaban J connectivity index is 1.61. The molecule has 0 fully saturated rings. The Morgan fingerprint density at radius 2 is 1.85 bits per heavy atom. The summed E-state index contributed by atoms with van der Waals surface area (Å²) in [5.41, 5.74) is 1.07. The third-order valence-corrected chi connectivity index (χ3v) is 4.66. The molecule has 2 aromatic carbocycles. The Bertz CT molecular complexity index is 985. The third kappa shape index (κ3) is 2.26. The van der Waals surface area contributed by atoms with Crippen LogP contribution in [0.4, 0.5) is 11.4 Å². The van der Waals surface area contributed by atoms with Gasteiger partial charge in [0.1, 0.15) is 12.1 Å². The van der Waals surface area contributed by atoms with E-state index in [-0.39, 0.29) is 11.1 Å². The predicted molar refractivity (Wildman–Crippen MR) is 91.0 cm³/mol. The highest BCUT2D eigenvalue weighted by Gasteiger charge is 2.42. The van der Waals surface area contributed by atoms with Gasteiger partial charge >= 0.3 is 0 Å². The lowest BCUT2D eigenvalue weighted by Crippen LogP contribution is -2.42. The van der Waals surface area contributed by atoms with Gasteiger partial charge in [0.05, 0.1) is 10.5 Å². The second-order valence-electron chi connectivity index (χ2n) is 6.08. The summed E-state index contributed by atoms with van der Waals surface area (Å²) >= 11 is 0. The number of carbonyl (C=O) groups is 3. The van der Waals surface area contributed by atoms with Gasteiger partial charge in [0.2, 0.25) is 5.91 Å². The number of hydrogen-bond donors (Lipinski definition) is 0. The maximum absolute atomic E-state index is 12.7. The normalized spacial score (nSPS) is 15.2. The second-order valence-corrected chi connectivity index (χ2v) is 6.08. The molecule has 0 radical (unpaired) electrons. The first-order valence-electron chi connectivity index (χ1n) is 8.01. The molecule has 0 N–H and O–H groups in total. The van der Waals surface area contributed by atoms with Gasteiger partial charge in [-0.3, -0.25) is 29.4 Å². The number of nitro groups is 1. The summed E-state index contributed by atoms with van der Waals surface area (Å²) in [5.74, 6) is -1.89. The van der Waals surface area contributed by atoms with Gasteiger partial charge < -0.3 is 4.90 Å². The molecular weight excluding hydrogens is 338 g/mol. The van der Waals surface area contributed by atoms with Crippen molar-refractivity contribution < 1.29 is 19.3 Å². The number of carbonyl (C=O) groups excluding carboxylic acids is 3. The van der Waals surface area contributed by atoms with Crippen molar-refractivity contribution in [2.75, 3.05) is 18.0 Å². The number of rotatable bonds is 3. The number of hydrogen-bond acceptors (Lipinski definition) is 5. The summed E-state index contributed by atoms with van der Waals surface area (Å²) in [6.45, 7) is 0.0271. The van der Waals surface area contributed by atoms with Gasteiger partial charge in [-0.15, -0.1) is 0 Å². The van der Waals surface area contributed by atoms with Crippen LogP contribution >= 0.6 is 0 Å². The van der Waals surface area contributed by atoms with Crippen LogP contribution in [0.1, 0.15) is 26.3 Å². The van der Waals surface area contributed by atoms with Crippen LogP contribution in [0.2, 0.25) is 0 Å². The van der Waals surface area contributed by atoms with Crippen LogP contribution in [0.15, 0.2) is 42.5 Å². The molecule has 3 amide bonds. The highest BCUT2D eigenvalue weighted by Crippen LogP contribution is 2.32. The minimum absolute atomic E-state index is 0.0428. The zero-order valence-corrected chi connectivity index (χ0v) is 13.5. The van der Waals surface area contributed by atoms with E-state index in [0.717, 1.165) is 16.2 Å². The van der Waals surface area contributed by atoms with Crippen molar-refractivity contribution in [1.82, 2.24) is 4.90 Å². The van der Waals surface area contributed by atoms with Crippen LogP contribution in [0.3, 0.4) is 0 Å². The molecule has 0 bridgehead atoms. The zero-order chi connectivity index (χ0) is 18.4. The number of imide groups is 1. The Kier molecular flexibility index (Phi) is 3.54. The number of para-hydroxylation sites is 1. The maximum atomic E-state index is 12.7. The van der Waals surface area contributed by atoms with E-state index in [1.807, 2.05) is 24.3 Å². The molecule has 0 saturated carbocycles. The van der Waals surface area contributed by atoms with Gasteiger partial charge in [0, 0.05) is 18.3 Å². The maximum Gasteiger partial charge on any atom is 0.282 e. The molecule has 2 aromatic rings. The first-order chi connectivity index (χ1) is 12.5. The largest absolute Gasteiger partial charge is 0.310 e. The van der Waals surface area contributed by atoms with Crippen molar-refractivity contribution in [2.45, 2.75) is 6.42 Å². The molecule has 8 heteroatoms. The average molecular weight is 351 g/mol. The first kappa shape index (κ1) is 15.9. The van der Waals surface area contributed by atoms with Crippen molar-refractivity contribution in [1.29, 1.82) is 0 Å². The molecule has 0 atom stereocenters. The fraction of sp³-hybridized carbons (Fsp3) is 0.167. The van der Waals surface area contributed by atoms with E-state index >= 15 is 0 Å². The number of amides is 3. The molecule has 4 rings (SSSR count). The molecule has 8 nitrogen and oxygen atoms in total. The Labute approximate surface area is 147 Å². The molecule has 2 aliphatic rings. The monoisotopic (exact) mass is 351 g/mol. The van der Waals surface area contributed by atoms with E-state index in [1.54, 1.807) is 0 Å². The lowest BCUT2D eigenvalue weighted by atomic mass is 10.1. The molecule has 130 valence electrons. The fourth-order valence-electron chi connectivity index (χ4n) is 3.43. The Morgan fingerprint density at radius 3 is 2.62 bits per heavy atom. The molecule has 0 aliphatic carbocycles. The summed E-state index contributed by atoms with van der Waals surface area (Å²) in [7, 11) is 0. The van der Waals surface area contributed by atoms with Gasteiger partial charge in [-0.2, -0.15) is 0 Å². The van der Waals surface area contributed by atoms with Gasteiger partial charge in [-0.25, -0.2) is 0 Å². The van der Waals surface area contributed by atoms with Crippen LogP contribution in [0, 0.1) is 10.1 Å². The molecule has 0 saturated heterocycles. The van der Waals surface area contributed by atoms with E-state index in [2.05, 4.69) is 0 Å². The van der Waals surface area contributed by atoms with E-state index in [1.165, 1.54) is 23.1 Å². The first-order valence-corrected chi connectivity index (χ1v) is 8.01. The molecule has 2 heterocycles. The lowest BCUT2D eigenvalue weighted by molar-refractivity contribution is -0.385. The number of nitrogens with zero attached hydrogens (tertiary/aromatic N) is 3. The fourth-order valence-corrected chi connectivity index (χ4v) is 3.43. The minimum Gasteiger partial charge on any atom is -0.310 e. The van der Waals surface area contributed by atoms with Crippen molar-refractivity contribution >= 4 is 29.1 Å². The smallest absolute Gasteiger partial charge is 0.282 e. The number of benzene rings is 2. The van der Waals surface area contributed by atoms with Crippen LogP contribution in [-0.4, -0.2) is 40.6 Å². The van der Waals surface area contributed by atoms with Crippen molar-refractivity contribution in [3.63, 3.8) is 0 Å². The number of nitro benzene ring substituents is 1. The topological polar surface area (TPSA) is 101 Å². The van der Waals surface area contributed by atoms with Crippen LogP contribution in [-0.2, 0) is 11.2 Å². The lowest BCUT2D eigenvalue weighted by Gasteiger charge is -2.20. The average Bonchev–Trinajstić information content (AvgIpc) is 3.17. The predicted octanol–water partition coefficient (Wildman–Crippen LogP) is 1.78. The highest BCUT2D eigenvalue weighted by atomic mass is 16.6. The molecule has 2 aliphatic heterocycles. The van der Waals surface area contributed by atoms with Crippen LogP contribution in [0.5, 0.6) is 0 Å². The SMILES string of the molecule is O=C1c2cccc([N+](=O)[O-])c2C(=O)N1CC(=O)N1CCc2ccccc21. The Morgan fingerprint density at radius 1 is 1.08 bits per heavy atom. The van der Waals surface area contributed by atoms with Crippen LogP contribution in [0.25, 0.3) is 0 Å². The summed E-state index contributed by atoms with van der Waals surface area (Å²) in [6.07, 6.45) is 0.704. The molecular formula is C18H13N3O5. The molecule has 26 heavy (non-hydrogen) atoms.